The minimum absolute atomic E-state index is 0.0848. The number of carboxylic acid groups (broad SMARTS) is 1. The molecule has 1 atom stereocenters. The number of guanidine groups is 1. The van der Waals surface area contributed by atoms with E-state index in [0.29, 0.717) is 11.3 Å². The molecule has 0 saturated heterocycles. The first-order chi connectivity index (χ1) is 16.6. The fourth-order valence-electron chi connectivity index (χ4n) is 2.74. The van der Waals surface area contributed by atoms with Crippen molar-refractivity contribution in [1.29, 1.82) is 0 Å². The maximum absolute atomic E-state index is 12.4. The monoisotopic (exact) mass is 486 g/mol. The Bertz CT molecular complexity index is 1110. The van der Waals surface area contributed by atoms with Gasteiger partial charge in [-0.05, 0) is 43.3 Å². The van der Waals surface area contributed by atoms with E-state index in [9.17, 15) is 29.4 Å². The summed E-state index contributed by atoms with van der Waals surface area (Å²) in [6, 6.07) is 7.66. The number of carbonyl (C=O) groups excluding carboxylic acids is 3. The van der Waals surface area contributed by atoms with Crippen LogP contribution in [0.4, 0.5) is 10.5 Å². The summed E-state index contributed by atoms with van der Waals surface area (Å²) in [5.41, 5.74) is 11.1. The molecule has 186 valence electrons. The number of aliphatic imine (C=N–C) groups is 1. The first-order valence-electron chi connectivity index (χ1n) is 10.3. The molecule has 0 spiro atoms. The molecule has 0 aliphatic rings. The van der Waals surface area contributed by atoms with Crippen molar-refractivity contribution in [1.82, 2.24) is 10.6 Å². The Hall–Kier alpha value is -4.81. The molecule has 0 radical (unpaired) electrons. The predicted molar refractivity (Wildman–Crippen MR) is 127 cm³/mol. The van der Waals surface area contributed by atoms with Gasteiger partial charge in [0, 0.05) is 23.9 Å². The number of hydrogen-bond acceptors (Lipinski definition) is 7. The lowest BCUT2D eigenvalue weighted by Crippen LogP contribution is -2.49. The minimum atomic E-state index is -1.46. The molecule has 13 heteroatoms. The van der Waals surface area contributed by atoms with E-state index in [0.717, 1.165) is 0 Å². The maximum Gasteiger partial charge on any atom is 0.328 e. The van der Waals surface area contributed by atoms with Crippen molar-refractivity contribution >= 4 is 35.3 Å². The quantitative estimate of drug-likeness (QED) is 0.1000. The predicted octanol–water partition coefficient (Wildman–Crippen LogP) is 0.252. The number of aromatic hydroxyl groups is 1. The summed E-state index contributed by atoms with van der Waals surface area (Å²) in [6.07, 6.45) is 0. The van der Waals surface area contributed by atoms with Gasteiger partial charge in [-0.15, -0.1) is 0 Å². The minimum Gasteiger partial charge on any atom is -0.507 e. The summed E-state index contributed by atoms with van der Waals surface area (Å²) < 4.78 is 5.35. The van der Waals surface area contributed by atoms with E-state index in [2.05, 4.69) is 20.9 Å². The molecule has 0 fully saturated rings. The lowest BCUT2D eigenvalue weighted by molar-refractivity contribution is -0.138. The highest BCUT2D eigenvalue weighted by atomic mass is 16.5. The highest BCUT2D eigenvalue weighted by Gasteiger charge is 2.22. The summed E-state index contributed by atoms with van der Waals surface area (Å²) in [7, 11) is 0. The number of ketones is 1. The Balaban J connectivity index is 1.91. The number of nitrogens with one attached hydrogen (secondary N) is 3. The number of phenols is 1. The third kappa shape index (κ3) is 8.57. The average Bonchev–Trinajstić information content (AvgIpc) is 2.79. The van der Waals surface area contributed by atoms with Crippen molar-refractivity contribution in [3.63, 3.8) is 0 Å². The zero-order chi connectivity index (χ0) is 26.0. The normalized spacial score (nSPS) is 11.0. The number of nitrogens with zero attached hydrogens (tertiary/aromatic N) is 1. The van der Waals surface area contributed by atoms with E-state index in [1.165, 1.54) is 49.4 Å². The Morgan fingerprint density at radius 1 is 1.09 bits per heavy atom. The molecule has 13 nitrogen and oxygen atoms in total. The van der Waals surface area contributed by atoms with Crippen molar-refractivity contribution in [3.8, 4) is 11.5 Å². The second kappa shape index (κ2) is 12.4. The zero-order valence-electron chi connectivity index (χ0n) is 18.8. The Morgan fingerprint density at radius 2 is 1.77 bits per heavy atom. The van der Waals surface area contributed by atoms with E-state index in [1.807, 2.05) is 0 Å². The van der Waals surface area contributed by atoms with Gasteiger partial charge >= 0.3 is 12.0 Å². The van der Waals surface area contributed by atoms with E-state index < -0.39 is 36.2 Å². The molecule has 3 amide bonds. The largest absolute Gasteiger partial charge is 0.507 e. The number of aliphatic carboxylic acids is 1. The van der Waals surface area contributed by atoms with Gasteiger partial charge in [0.05, 0.1) is 12.1 Å². The lowest BCUT2D eigenvalue weighted by atomic mass is 10.1. The van der Waals surface area contributed by atoms with Gasteiger partial charge < -0.3 is 42.4 Å². The van der Waals surface area contributed by atoms with Crippen LogP contribution in [0.25, 0.3) is 0 Å². The van der Waals surface area contributed by atoms with Crippen LogP contribution in [0.1, 0.15) is 27.6 Å². The molecule has 0 aromatic heterocycles. The third-order valence-corrected chi connectivity index (χ3v) is 4.49. The number of carbonyl (C=O) groups is 4. The standard InChI is InChI=1S/C22H26N6O7/c1-12(29)13-2-4-14(5-3-13)27-22(34)28-17(20(32)33)11-26-19(31)16-7-6-15(10-18(16)30)35-9-8-25-21(23)24/h2-7,10,17,30H,8-9,11H2,1H3,(H,26,31)(H,32,33)(H4,23,24,25)(H2,27,28,34)/t17-/m0/s1. The number of carboxylic acids is 1. The molecule has 0 heterocycles. The number of rotatable bonds is 11. The first-order valence-corrected chi connectivity index (χ1v) is 10.3. The molecule has 2 aromatic carbocycles. The van der Waals surface area contributed by atoms with Crippen LogP contribution in [-0.4, -0.2) is 65.6 Å². The molecule has 0 aliphatic carbocycles. The fraction of sp³-hybridized carbons (Fsp3) is 0.227. The van der Waals surface area contributed by atoms with Gasteiger partial charge in [-0.25, -0.2) is 9.59 Å². The van der Waals surface area contributed by atoms with Gasteiger partial charge in [0.2, 0.25) is 0 Å². The van der Waals surface area contributed by atoms with E-state index in [4.69, 9.17) is 16.2 Å². The first kappa shape index (κ1) is 26.4. The lowest BCUT2D eigenvalue weighted by Gasteiger charge is -2.16. The van der Waals surface area contributed by atoms with Crippen LogP contribution in [0.3, 0.4) is 0 Å². The van der Waals surface area contributed by atoms with Crippen molar-refractivity contribution in [2.75, 3.05) is 25.0 Å². The molecule has 0 unspecified atom stereocenters. The number of nitrogens with two attached hydrogens (primary N) is 2. The second-order valence-electron chi connectivity index (χ2n) is 7.17. The van der Waals surface area contributed by atoms with Crippen LogP contribution >= 0.6 is 0 Å². The van der Waals surface area contributed by atoms with Crippen LogP contribution < -0.4 is 32.2 Å². The molecular weight excluding hydrogens is 460 g/mol. The number of hydrogen-bond donors (Lipinski definition) is 7. The molecule has 35 heavy (non-hydrogen) atoms. The van der Waals surface area contributed by atoms with Crippen LogP contribution in [0, 0.1) is 0 Å². The number of ether oxygens (including phenoxy) is 1. The Morgan fingerprint density at radius 3 is 2.34 bits per heavy atom. The number of Topliss-reactive ketones (excluding diaryl/α,β-unsaturated/α-hetero) is 1. The van der Waals surface area contributed by atoms with Crippen LogP contribution in [0.5, 0.6) is 11.5 Å². The second-order valence-corrected chi connectivity index (χ2v) is 7.17. The summed E-state index contributed by atoms with van der Waals surface area (Å²) in [6.45, 7) is 1.28. The number of phenolic OH excluding ortho intramolecular Hbond substituents is 1. The topological polar surface area (TPSA) is 218 Å². The molecule has 0 aliphatic heterocycles. The third-order valence-electron chi connectivity index (χ3n) is 4.49. The Kier molecular flexibility index (Phi) is 9.39. The van der Waals surface area contributed by atoms with Crippen molar-refractivity contribution < 1.29 is 34.1 Å². The molecule has 2 aromatic rings. The van der Waals surface area contributed by atoms with Crippen LogP contribution in [0.15, 0.2) is 47.5 Å². The van der Waals surface area contributed by atoms with Gasteiger partial charge in [0.25, 0.3) is 5.91 Å². The number of urea groups is 1. The SMILES string of the molecule is CC(=O)c1ccc(NC(=O)N[C@@H](CNC(=O)c2ccc(OCCN=C(N)N)cc2O)C(=O)O)cc1. The van der Waals surface area contributed by atoms with Crippen LogP contribution in [0.2, 0.25) is 0 Å². The molecule has 2 rings (SSSR count). The van der Waals surface area contributed by atoms with Gasteiger partial charge in [-0.2, -0.15) is 0 Å². The van der Waals surface area contributed by atoms with Gasteiger partial charge in [-0.1, -0.05) is 0 Å². The highest BCUT2D eigenvalue weighted by molar-refractivity contribution is 5.98. The van der Waals surface area contributed by atoms with E-state index in [-0.39, 0.29) is 36.2 Å². The summed E-state index contributed by atoms with van der Waals surface area (Å²) in [5, 5.41) is 26.5. The van der Waals surface area contributed by atoms with E-state index in [1.54, 1.807) is 0 Å². The maximum atomic E-state index is 12.4. The summed E-state index contributed by atoms with van der Waals surface area (Å²) in [5.74, 6) is -2.50. The van der Waals surface area contributed by atoms with Crippen molar-refractivity contribution in [3.05, 3.63) is 53.6 Å². The van der Waals surface area contributed by atoms with Crippen LogP contribution in [-0.2, 0) is 4.79 Å². The number of anilines is 1. The van der Waals surface area contributed by atoms with Gasteiger partial charge in [-0.3, -0.25) is 14.6 Å². The molecule has 0 bridgehead atoms. The fourth-order valence-corrected chi connectivity index (χ4v) is 2.74. The van der Waals surface area contributed by atoms with E-state index >= 15 is 0 Å². The van der Waals surface area contributed by atoms with Gasteiger partial charge in [0.1, 0.15) is 24.1 Å². The van der Waals surface area contributed by atoms with Crippen molar-refractivity contribution in [2.24, 2.45) is 16.5 Å². The number of amides is 3. The molecule has 9 N–H and O–H groups in total. The average molecular weight is 486 g/mol. The molecular formula is C22H26N6O7. The molecule has 0 saturated carbocycles. The van der Waals surface area contributed by atoms with Gasteiger partial charge in [0.15, 0.2) is 11.7 Å². The smallest absolute Gasteiger partial charge is 0.328 e. The van der Waals surface area contributed by atoms with Crippen molar-refractivity contribution in [2.45, 2.75) is 13.0 Å². The highest BCUT2D eigenvalue weighted by Crippen LogP contribution is 2.23. The number of benzene rings is 2. The zero-order valence-corrected chi connectivity index (χ0v) is 18.8. The Labute approximate surface area is 200 Å². The summed E-state index contributed by atoms with van der Waals surface area (Å²) >= 11 is 0. The summed E-state index contributed by atoms with van der Waals surface area (Å²) in [4.78, 5) is 51.1.